The highest BCUT2D eigenvalue weighted by molar-refractivity contribution is 7.71. The van der Waals surface area contributed by atoms with Crippen molar-refractivity contribution in [3.63, 3.8) is 0 Å². The van der Waals surface area contributed by atoms with Crippen molar-refractivity contribution >= 4 is 18.0 Å². The summed E-state index contributed by atoms with van der Waals surface area (Å²) in [5.41, 5.74) is 0. The zero-order valence-corrected chi connectivity index (χ0v) is 10.6. The minimum atomic E-state index is 0.624. The lowest BCUT2D eigenvalue weighted by Gasteiger charge is -2.07. The third-order valence-electron chi connectivity index (χ3n) is 2.82. The minimum Gasteiger partial charge on any atom is -0.372 e. The Bertz CT molecular complexity index is 395. The van der Waals surface area contributed by atoms with E-state index in [0.29, 0.717) is 10.6 Å². The Hall–Kier alpha value is -0.900. The molecule has 1 saturated carbocycles. The van der Waals surface area contributed by atoms with E-state index >= 15 is 0 Å². The monoisotopic (exact) mass is 237 g/mol. The van der Waals surface area contributed by atoms with Crippen LogP contribution in [0.3, 0.4) is 0 Å². The van der Waals surface area contributed by atoms with Crippen LogP contribution in [0.15, 0.2) is 6.07 Å². The molecule has 4 heteroatoms. The summed E-state index contributed by atoms with van der Waals surface area (Å²) >= 11 is 5.16. The van der Waals surface area contributed by atoms with E-state index in [4.69, 9.17) is 12.2 Å². The molecule has 0 spiro atoms. The van der Waals surface area contributed by atoms with Crippen LogP contribution in [0, 0.1) is 4.64 Å². The molecule has 0 aromatic carbocycles. The largest absolute Gasteiger partial charge is 0.372 e. The Labute approximate surface area is 102 Å². The predicted octanol–water partition coefficient (Wildman–Crippen LogP) is 3.62. The number of unbranched alkanes of at least 4 members (excludes halogenated alkanes) is 2. The molecule has 2 rings (SSSR count). The fourth-order valence-electron chi connectivity index (χ4n) is 1.72. The van der Waals surface area contributed by atoms with Gasteiger partial charge in [0.1, 0.15) is 16.3 Å². The zero-order valence-electron chi connectivity index (χ0n) is 9.75. The molecule has 0 aliphatic heterocycles. The number of aromatic amines is 1. The van der Waals surface area contributed by atoms with Crippen molar-refractivity contribution in [1.82, 2.24) is 9.97 Å². The van der Waals surface area contributed by atoms with Crippen LogP contribution in [0.5, 0.6) is 0 Å². The van der Waals surface area contributed by atoms with Crippen molar-refractivity contribution in [3.05, 3.63) is 16.5 Å². The van der Waals surface area contributed by atoms with E-state index in [1.54, 1.807) is 0 Å². The highest BCUT2D eigenvalue weighted by Crippen LogP contribution is 2.38. The van der Waals surface area contributed by atoms with E-state index in [1.807, 2.05) is 6.07 Å². The van der Waals surface area contributed by atoms with Crippen LogP contribution in [0.2, 0.25) is 0 Å². The molecule has 0 saturated heterocycles. The van der Waals surface area contributed by atoms with Crippen LogP contribution < -0.4 is 5.32 Å². The summed E-state index contributed by atoms with van der Waals surface area (Å²) in [4.78, 5) is 7.69. The minimum absolute atomic E-state index is 0.624. The number of hydrogen-bond acceptors (Lipinski definition) is 3. The Morgan fingerprint density at radius 1 is 1.50 bits per heavy atom. The molecular formula is C12H19N3S. The highest BCUT2D eigenvalue weighted by atomic mass is 32.1. The summed E-state index contributed by atoms with van der Waals surface area (Å²) in [6, 6.07) is 1.91. The van der Waals surface area contributed by atoms with E-state index in [9.17, 15) is 0 Å². The number of aromatic nitrogens is 2. The molecule has 1 aromatic heterocycles. The van der Waals surface area contributed by atoms with Crippen LogP contribution in [0.4, 0.5) is 5.82 Å². The van der Waals surface area contributed by atoms with E-state index in [2.05, 4.69) is 22.2 Å². The topological polar surface area (TPSA) is 40.7 Å². The van der Waals surface area contributed by atoms with Crippen molar-refractivity contribution in [1.29, 1.82) is 0 Å². The molecule has 3 nitrogen and oxygen atoms in total. The summed E-state index contributed by atoms with van der Waals surface area (Å²) in [5, 5.41) is 3.38. The highest BCUT2D eigenvalue weighted by Gasteiger charge is 2.25. The number of anilines is 1. The van der Waals surface area contributed by atoms with Gasteiger partial charge in [0, 0.05) is 18.5 Å². The van der Waals surface area contributed by atoms with Crippen LogP contribution in [-0.4, -0.2) is 16.5 Å². The quantitative estimate of drug-likeness (QED) is 0.586. The molecule has 0 unspecified atom stereocenters. The van der Waals surface area contributed by atoms with Gasteiger partial charge in [0.05, 0.1) is 0 Å². The standard InChI is InChI=1S/C12H19N3S/c1-2-3-4-7-13-10-8-11(16)15-12(14-10)9-5-6-9/h8-9H,2-7H2,1H3,(H2,13,14,15,16). The first-order chi connectivity index (χ1) is 7.79. The Kier molecular flexibility index (Phi) is 3.93. The lowest BCUT2D eigenvalue weighted by atomic mass is 10.2. The van der Waals surface area contributed by atoms with Gasteiger partial charge in [-0.2, -0.15) is 0 Å². The summed E-state index contributed by atoms with van der Waals surface area (Å²) < 4.78 is 0.693. The molecule has 1 fully saturated rings. The summed E-state index contributed by atoms with van der Waals surface area (Å²) in [5.74, 6) is 2.71. The van der Waals surface area contributed by atoms with Crippen molar-refractivity contribution < 1.29 is 0 Å². The maximum Gasteiger partial charge on any atom is 0.131 e. The Balaban J connectivity index is 1.94. The van der Waals surface area contributed by atoms with Gasteiger partial charge in [-0.15, -0.1) is 0 Å². The third kappa shape index (κ3) is 3.30. The van der Waals surface area contributed by atoms with E-state index in [1.165, 1.54) is 32.1 Å². The fraction of sp³-hybridized carbons (Fsp3) is 0.667. The number of nitrogens with one attached hydrogen (secondary N) is 2. The Morgan fingerprint density at radius 2 is 2.31 bits per heavy atom. The maximum atomic E-state index is 5.16. The van der Waals surface area contributed by atoms with Crippen LogP contribution in [-0.2, 0) is 0 Å². The van der Waals surface area contributed by atoms with E-state index in [-0.39, 0.29) is 0 Å². The maximum absolute atomic E-state index is 5.16. The molecule has 88 valence electrons. The second-order valence-corrected chi connectivity index (χ2v) is 4.84. The van der Waals surface area contributed by atoms with Gasteiger partial charge in [-0.05, 0) is 19.3 Å². The Morgan fingerprint density at radius 3 is 3.00 bits per heavy atom. The second kappa shape index (κ2) is 5.43. The lowest BCUT2D eigenvalue weighted by molar-refractivity contribution is 0.741. The SMILES string of the molecule is CCCCCNc1cc(=S)nc(C2CC2)[nH]1. The molecule has 1 aromatic rings. The second-order valence-electron chi connectivity index (χ2n) is 4.43. The van der Waals surface area contributed by atoms with Crippen molar-refractivity contribution in [2.75, 3.05) is 11.9 Å². The molecule has 0 amide bonds. The number of hydrogen-bond donors (Lipinski definition) is 2. The van der Waals surface area contributed by atoms with E-state index < -0.39 is 0 Å². The molecule has 1 aliphatic carbocycles. The van der Waals surface area contributed by atoms with Crippen LogP contribution in [0.1, 0.15) is 50.8 Å². The molecule has 1 heterocycles. The molecule has 2 N–H and O–H groups in total. The normalized spacial score (nSPS) is 15.1. The first-order valence-electron chi connectivity index (χ1n) is 6.14. The lowest BCUT2D eigenvalue weighted by Crippen LogP contribution is -2.05. The van der Waals surface area contributed by atoms with Gasteiger partial charge in [0.2, 0.25) is 0 Å². The fourth-order valence-corrected chi connectivity index (χ4v) is 1.94. The van der Waals surface area contributed by atoms with Crippen molar-refractivity contribution in [2.45, 2.75) is 44.9 Å². The number of H-pyrrole nitrogens is 1. The number of rotatable bonds is 6. The molecule has 1 aliphatic rings. The van der Waals surface area contributed by atoms with E-state index in [0.717, 1.165) is 18.2 Å². The van der Waals surface area contributed by atoms with Gasteiger partial charge >= 0.3 is 0 Å². The molecular weight excluding hydrogens is 218 g/mol. The smallest absolute Gasteiger partial charge is 0.131 e. The van der Waals surface area contributed by atoms with Gasteiger partial charge in [0.25, 0.3) is 0 Å². The predicted molar refractivity (Wildman–Crippen MR) is 69.4 cm³/mol. The van der Waals surface area contributed by atoms with Gasteiger partial charge < -0.3 is 10.3 Å². The van der Waals surface area contributed by atoms with Gasteiger partial charge in [-0.3, -0.25) is 0 Å². The average molecular weight is 237 g/mol. The third-order valence-corrected chi connectivity index (χ3v) is 3.03. The summed E-state index contributed by atoms with van der Waals surface area (Å²) in [7, 11) is 0. The average Bonchev–Trinajstić information content (AvgIpc) is 3.07. The van der Waals surface area contributed by atoms with Crippen molar-refractivity contribution in [3.8, 4) is 0 Å². The first-order valence-corrected chi connectivity index (χ1v) is 6.55. The molecule has 0 atom stereocenters. The molecule has 0 bridgehead atoms. The van der Waals surface area contributed by atoms with Crippen molar-refractivity contribution in [2.24, 2.45) is 0 Å². The first kappa shape index (κ1) is 11.6. The summed E-state index contributed by atoms with van der Waals surface area (Å²) in [6.07, 6.45) is 6.23. The molecule has 0 radical (unpaired) electrons. The summed E-state index contributed by atoms with van der Waals surface area (Å²) in [6.45, 7) is 3.22. The zero-order chi connectivity index (χ0) is 11.4. The van der Waals surface area contributed by atoms with Crippen LogP contribution >= 0.6 is 12.2 Å². The van der Waals surface area contributed by atoms with Crippen LogP contribution in [0.25, 0.3) is 0 Å². The van der Waals surface area contributed by atoms with Gasteiger partial charge in [-0.1, -0.05) is 32.0 Å². The molecule has 16 heavy (non-hydrogen) atoms. The van der Waals surface area contributed by atoms with Gasteiger partial charge in [0.15, 0.2) is 0 Å². The van der Waals surface area contributed by atoms with Gasteiger partial charge in [-0.25, -0.2) is 4.98 Å². The number of nitrogens with zero attached hydrogens (tertiary/aromatic N) is 1.